The first-order valence-corrected chi connectivity index (χ1v) is 10.3. The average Bonchev–Trinajstić information content (AvgIpc) is 2.70. The molecule has 1 aliphatic rings. The quantitative estimate of drug-likeness (QED) is 0.742. The Hall–Kier alpha value is -3.00. The number of benzene rings is 2. The van der Waals surface area contributed by atoms with E-state index in [1.54, 1.807) is 18.2 Å². The first kappa shape index (κ1) is 21.7. The molecule has 0 aliphatic heterocycles. The van der Waals surface area contributed by atoms with Gasteiger partial charge in [0.15, 0.2) is 0 Å². The minimum atomic E-state index is -0.274. The molecule has 1 amide bonds. The molecule has 0 radical (unpaired) electrons. The Morgan fingerprint density at radius 2 is 1.73 bits per heavy atom. The van der Waals surface area contributed by atoms with Gasteiger partial charge in [0.2, 0.25) is 0 Å². The molecular weight excluding hydrogens is 376 g/mol. The highest BCUT2D eigenvalue weighted by atomic mass is 16.5. The number of ether oxygens (including phenoxy) is 2. The van der Waals surface area contributed by atoms with Gasteiger partial charge in [0.1, 0.15) is 23.7 Å². The van der Waals surface area contributed by atoms with Crippen LogP contribution in [0.25, 0.3) is 0 Å². The maximum absolute atomic E-state index is 12.8. The standard InChI is InChI=1S/C25H30N2O3/c1-7-29-20-14-19(13-12-18(20)15-26)30-23-24(3,4)22(25(23,5)6)27-21(28)17-10-8-16(2)9-11-17/h8-14,22-23H,7H2,1-6H3,(H,27,28). The minimum absolute atomic E-state index is 0.0476. The molecule has 2 aromatic carbocycles. The van der Waals surface area contributed by atoms with Crippen LogP contribution in [-0.2, 0) is 0 Å². The van der Waals surface area contributed by atoms with Crippen LogP contribution in [-0.4, -0.2) is 24.7 Å². The molecule has 5 heteroatoms. The van der Waals surface area contributed by atoms with E-state index in [0.29, 0.717) is 29.2 Å². The second-order valence-corrected chi connectivity index (χ2v) is 9.12. The maximum Gasteiger partial charge on any atom is 0.251 e. The lowest BCUT2D eigenvalue weighted by atomic mass is 9.49. The van der Waals surface area contributed by atoms with E-state index in [0.717, 1.165) is 5.56 Å². The third-order valence-electron chi connectivity index (χ3n) is 6.06. The molecule has 0 unspecified atom stereocenters. The smallest absolute Gasteiger partial charge is 0.251 e. The summed E-state index contributed by atoms with van der Waals surface area (Å²) in [6.07, 6.45) is -0.115. The number of carbonyl (C=O) groups is 1. The summed E-state index contributed by atoms with van der Waals surface area (Å²) in [6, 6.07) is 15.0. The minimum Gasteiger partial charge on any atom is -0.492 e. The summed E-state index contributed by atoms with van der Waals surface area (Å²) in [5.74, 6) is 1.11. The van der Waals surface area contributed by atoms with Gasteiger partial charge in [-0.25, -0.2) is 0 Å². The zero-order valence-corrected chi connectivity index (χ0v) is 18.6. The average molecular weight is 407 g/mol. The lowest BCUT2D eigenvalue weighted by Crippen LogP contribution is -2.74. The number of nitrogens with zero attached hydrogens (tertiary/aromatic N) is 1. The number of aryl methyl sites for hydroxylation is 1. The van der Waals surface area contributed by atoms with Crippen LogP contribution in [0.2, 0.25) is 0 Å². The molecule has 0 bridgehead atoms. The van der Waals surface area contributed by atoms with E-state index in [-0.39, 0.29) is 28.9 Å². The van der Waals surface area contributed by atoms with Crippen LogP contribution in [0.3, 0.4) is 0 Å². The van der Waals surface area contributed by atoms with E-state index in [4.69, 9.17) is 9.47 Å². The number of hydrogen-bond donors (Lipinski definition) is 1. The molecular formula is C25H30N2O3. The Bertz CT molecular complexity index is 955. The van der Waals surface area contributed by atoms with E-state index in [1.165, 1.54) is 0 Å². The molecule has 3 rings (SSSR count). The second-order valence-electron chi connectivity index (χ2n) is 9.12. The van der Waals surface area contributed by atoms with Crippen molar-refractivity contribution in [1.29, 1.82) is 5.26 Å². The van der Waals surface area contributed by atoms with Crippen molar-refractivity contribution in [1.82, 2.24) is 5.32 Å². The molecule has 158 valence electrons. The van der Waals surface area contributed by atoms with Gasteiger partial charge >= 0.3 is 0 Å². The maximum atomic E-state index is 12.8. The number of nitriles is 1. The van der Waals surface area contributed by atoms with Crippen molar-refractivity contribution < 1.29 is 14.3 Å². The normalized spacial score (nSPS) is 21.1. The first-order valence-electron chi connectivity index (χ1n) is 10.3. The van der Waals surface area contributed by atoms with Gasteiger partial charge in [-0.3, -0.25) is 4.79 Å². The van der Waals surface area contributed by atoms with Gasteiger partial charge in [-0.2, -0.15) is 5.26 Å². The number of hydrogen-bond acceptors (Lipinski definition) is 4. The summed E-state index contributed by atoms with van der Waals surface area (Å²) in [5, 5.41) is 12.5. The van der Waals surface area contributed by atoms with Crippen molar-refractivity contribution in [3.05, 3.63) is 59.2 Å². The Kier molecular flexibility index (Phi) is 5.81. The van der Waals surface area contributed by atoms with Crippen LogP contribution < -0.4 is 14.8 Å². The molecule has 0 saturated heterocycles. The van der Waals surface area contributed by atoms with Crippen molar-refractivity contribution in [2.24, 2.45) is 10.8 Å². The summed E-state index contributed by atoms with van der Waals surface area (Å²) < 4.78 is 11.9. The van der Waals surface area contributed by atoms with E-state index in [1.807, 2.05) is 38.1 Å². The lowest BCUT2D eigenvalue weighted by molar-refractivity contribution is -0.164. The zero-order valence-electron chi connectivity index (χ0n) is 18.6. The molecule has 0 aromatic heterocycles. The van der Waals surface area contributed by atoms with Crippen molar-refractivity contribution in [2.45, 2.75) is 53.7 Å². The third kappa shape index (κ3) is 3.87. The Labute approximate surface area is 179 Å². The Morgan fingerprint density at radius 3 is 2.30 bits per heavy atom. The van der Waals surface area contributed by atoms with Crippen LogP contribution in [0.1, 0.15) is 56.1 Å². The molecule has 2 aromatic rings. The third-order valence-corrected chi connectivity index (χ3v) is 6.06. The van der Waals surface area contributed by atoms with Gasteiger partial charge in [-0.05, 0) is 38.1 Å². The van der Waals surface area contributed by atoms with Gasteiger partial charge < -0.3 is 14.8 Å². The van der Waals surface area contributed by atoms with E-state index < -0.39 is 0 Å². The fourth-order valence-corrected chi connectivity index (χ4v) is 4.80. The van der Waals surface area contributed by atoms with Gasteiger partial charge in [-0.1, -0.05) is 45.4 Å². The van der Waals surface area contributed by atoms with Crippen LogP contribution in [0, 0.1) is 29.1 Å². The van der Waals surface area contributed by atoms with E-state index >= 15 is 0 Å². The largest absolute Gasteiger partial charge is 0.492 e. The molecule has 0 spiro atoms. The summed E-state index contributed by atoms with van der Waals surface area (Å²) in [5.41, 5.74) is 1.72. The molecule has 1 saturated carbocycles. The van der Waals surface area contributed by atoms with E-state index in [9.17, 15) is 10.1 Å². The number of amides is 1. The van der Waals surface area contributed by atoms with Crippen LogP contribution in [0.5, 0.6) is 11.5 Å². The molecule has 0 heterocycles. The summed E-state index contributed by atoms with van der Waals surface area (Å²) in [4.78, 5) is 12.8. The summed E-state index contributed by atoms with van der Waals surface area (Å²) >= 11 is 0. The molecule has 1 N–H and O–H groups in total. The number of nitrogens with one attached hydrogen (secondary N) is 1. The van der Waals surface area contributed by atoms with Crippen molar-refractivity contribution in [3.63, 3.8) is 0 Å². The second kappa shape index (κ2) is 8.02. The van der Waals surface area contributed by atoms with Gasteiger partial charge in [0, 0.05) is 28.5 Å². The molecule has 5 nitrogen and oxygen atoms in total. The predicted octanol–water partition coefficient (Wildman–Crippen LogP) is 4.88. The highest BCUT2D eigenvalue weighted by Crippen LogP contribution is 2.55. The summed E-state index contributed by atoms with van der Waals surface area (Å²) in [6.45, 7) is 12.8. The zero-order chi connectivity index (χ0) is 22.1. The van der Waals surface area contributed by atoms with E-state index in [2.05, 4.69) is 39.1 Å². The highest BCUT2D eigenvalue weighted by molar-refractivity contribution is 5.94. The number of rotatable bonds is 6. The van der Waals surface area contributed by atoms with Crippen molar-refractivity contribution in [2.75, 3.05) is 6.61 Å². The first-order chi connectivity index (χ1) is 14.1. The van der Waals surface area contributed by atoms with Crippen LogP contribution >= 0.6 is 0 Å². The fourth-order valence-electron chi connectivity index (χ4n) is 4.80. The molecule has 0 atom stereocenters. The van der Waals surface area contributed by atoms with Crippen molar-refractivity contribution >= 4 is 5.91 Å². The molecule has 30 heavy (non-hydrogen) atoms. The fraction of sp³-hybridized carbons (Fsp3) is 0.440. The predicted molar refractivity (Wildman–Crippen MR) is 117 cm³/mol. The Balaban J connectivity index is 1.77. The SMILES string of the molecule is CCOc1cc(OC2C(C)(C)C(NC(=O)c3ccc(C)cc3)C2(C)C)ccc1C#N. The molecule has 1 aliphatic carbocycles. The topological polar surface area (TPSA) is 71.3 Å². The van der Waals surface area contributed by atoms with Gasteiger partial charge in [-0.15, -0.1) is 0 Å². The Morgan fingerprint density at radius 1 is 1.10 bits per heavy atom. The lowest BCUT2D eigenvalue weighted by Gasteiger charge is -2.63. The van der Waals surface area contributed by atoms with Crippen LogP contribution in [0.15, 0.2) is 42.5 Å². The van der Waals surface area contributed by atoms with Gasteiger partial charge in [0.05, 0.1) is 12.2 Å². The van der Waals surface area contributed by atoms with Gasteiger partial charge in [0.25, 0.3) is 5.91 Å². The molecule has 1 fully saturated rings. The van der Waals surface area contributed by atoms with Crippen molar-refractivity contribution in [3.8, 4) is 17.6 Å². The highest BCUT2D eigenvalue weighted by Gasteiger charge is 2.64. The van der Waals surface area contributed by atoms with Crippen LogP contribution in [0.4, 0.5) is 0 Å². The monoisotopic (exact) mass is 406 g/mol. The number of carbonyl (C=O) groups excluding carboxylic acids is 1. The summed E-state index contributed by atoms with van der Waals surface area (Å²) in [7, 11) is 0.